The number of carboxylic acids is 1. The fourth-order valence-corrected chi connectivity index (χ4v) is 2.66. The molecule has 1 heterocycles. The second kappa shape index (κ2) is 6.31. The van der Waals surface area contributed by atoms with Gasteiger partial charge in [-0.3, -0.25) is 9.69 Å². The molecule has 21 heavy (non-hydrogen) atoms. The zero-order valence-corrected chi connectivity index (χ0v) is 12.0. The third-order valence-corrected chi connectivity index (χ3v) is 3.66. The number of urea groups is 1. The minimum Gasteiger partial charge on any atom is -0.481 e. The molecule has 0 spiro atoms. The van der Waals surface area contributed by atoms with Gasteiger partial charge >= 0.3 is 12.0 Å². The molecule has 0 aliphatic carbocycles. The minimum absolute atomic E-state index is 0.0159. The van der Waals surface area contributed by atoms with Gasteiger partial charge in [-0.15, -0.1) is 6.42 Å². The monoisotopic (exact) mass is 286 g/mol. The predicted molar refractivity (Wildman–Crippen MR) is 80.3 cm³/mol. The van der Waals surface area contributed by atoms with Crippen molar-refractivity contribution in [1.82, 2.24) is 4.90 Å². The fourth-order valence-electron chi connectivity index (χ4n) is 2.66. The number of carbonyl (C=O) groups excluding carboxylic acids is 1. The summed E-state index contributed by atoms with van der Waals surface area (Å²) in [7, 11) is 0. The molecule has 0 fully saturated rings. The second-order valence-corrected chi connectivity index (χ2v) is 4.97. The maximum Gasteiger partial charge on any atom is 0.325 e. The van der Waals surface area contributed by atoms with E-state index in [1.54, 1.807) is 9.80 Å². The molecule has 2 rings (SSSR count). The van der Waals surface area contributed by atoms with Crippen LogP contribution < -0.4 is 4.90 Å². The maximum absolute atomic E-state index is 12.6. The molecule has 5 nitrogen and oxygen atoms in total. The average Bonchev–Trinajstić information content (AvgIpc) is 2.82. The summed E-state index contributed by atoms with van der Waals surface area (Å²) in [5, 5.41) is 9.02. The Kier molecular flexibility index (Phi) is 4.49. The SMILES string of the molecule is C#CCN(CC)C(=O)N1CC(CC(=O)O)c2ccccc21. The Morgan fingerprint density at radius 1 is 1.48 bits per heavy atom. The Morgan fingerprint density at radius 2 is 2.19 bits per heavy atom. The van der Waals surface area contributed by atoms with Gasteiger partial charge in [0.2, 0.25) is 0 Å². The molecule has 2 amide bonds. The van der Waals surface area contributed by atoms with Crippen molar-refractivity contribution in [1.29, 1.82) is 0 Å². The summed E-state index contributed by atoms with van der Waals surface area (Å²) in [6.45, 7) is 3.01. The lowest BCUT2D eigenvalue weighted by Crippen LogP contribution is -2.43. The lowest BCUT2D eigenvalue weighted by atomic mass is 9.98. The van der Waals surface area contributed by atoms with Crippen LogP contribution in [0.25, 0.3) is 0 Å². The van der Waals surface area contributed by atoms with Gasteiger partial charge in [-0.25, -0.2) is 4.79 Å². The number of benzene rings is 1. The number of hydrogen-bond donors (Lipinski definition) is 1. The number of rotatable bonds is 4. The summed E-state index contributed by atoms with van der Waals surface area (Å²) in [5.74, 6) is 1.44. The number of anilines is 1. The van der Waals surface area contributed by atoms with E-state index in [-0.39, 0.29) is 24.9 Å². The van der Waals surface area contributed by atoms with Crippen LogP contribution in [0.2, 0.25) is 0 Å². The molecular formula is C16H18N2O3. The number of carbonyl (C=O) groups is 2. The first kappa shape index (κ1) is 14.9. The number of aliphatic carboxylic acids is 1. The van der Waals surface area contributed by atoms with Gasteiger partial charge in [-0.05, 0) is 18.6 Å². The molecule has 1 aliphatic rings. The third-order valence-electron chi connectivity index (χ3n) is 3.66. The summed E-state index contributed by atoms with van der Waals surface area (Å²) < 4.78 is 0. The van der Waals surface area contributed by atoms with Gasteiger partial charge < -0.3 is 10.0 Å². The first-order valence-electron chi connectivity index (χ1n) is 6.89. The van der Waals surface area contributed by atoms with E-state index in [2.05, 4.69) is 5.92 Å². The first-order chi connectivity index (χ1) is 10.1. The Bertz CT molecular complexity index is 591. The Labute approximate surface area is 124 Å². The number of para-hydroxylation sites is 1. The summed E-state index contributed by atoms with van der Waals surface area (Å²) in [6.07, 6.45) is 5.31. The molecule has 0 aromatic heterocycles. The Balaban J connectivity index is 2.28. The van der Waals surface area contributed by atoms with Crippen LogP contribution in [-0.2, 0) is 4.79 Å². The van der Waals surface area contributed by atoms with Crippen LogP contribution in [0.15, 0.2) is 24.3 Å². The number of fused-ring (bicyclic) bond motifs is 1. The summed E-state index contributed by atoms with van der Waals surface area (Å²) in [6, 6.07) is 7.27. The Morgan fingerprint density at radius 3 is 2.81 bits per heavy atom. The standard InChI is InChI=1S/C16H18N2O3/c1-3-9-17(4-2)16(21)18-11-12(10-15(19)20)13-7-5-6-8-14(13)18/h1,5-8,12H,4,9-11H2,2H3,(H,19,20). The van der Waals surface area contributed by atoms with Crippen molar-refractivity contribution in [2.45, 2.75) is 19.3 Å². The normalized spacial score (nSPS) is 16.2. The smallest absolute Gasteiger partial charge is 0.325 e. The summed E-state index contributed by atoms with van der Waals surface area (Å²) >= 11 is 0. The van der Waals surface area contributed by atoms with Crippen molar-refractivity contribution in [3.05, 3.63) is 29.8 Å². The lowest BCUT2D eigenvalue weighted by Gasteiger charge is -2.26. The van der Waals surface area contributed by atoms with E-state index in [0.717, 1.165) is 11.3 Å². The van der Waals surface area contributed by atoms with E-state index in [1.807, 2.05) is 31.2 Å². The zero-order valence-electron chi connectivity index (χ0n) is 12.0. The number of hydrogen-bond acceptors (Lipinski definition) is 2. The molecule has 1 unspecified atom stereocenters. The van der Waals surface area contributed by atoms with Gasteiger partial charge in [0.25, 0.3) is 0 Å². The van der Waals surface area contributed by atoms with Crippen LogP contribution in [0.4, 0.5) is 10.5 Å². The fraction of sp³-hybridized carbons (Fsp3) is 0.375. The van der Waals surface area contributed by atoms with Gasteiger partial charge in [-0.1, -0.05) is 24.1 Å². The van der Waals surface area contributed by atoms with Gasteiger partial charge in [0, 0.05) is 24.7 Å². The average molecular weight is 286 g/mol. The highest BCUT2D eigenvalue weighted by atomic mass is 16.4. The molecule has 0 bridgehead atoms. The van der Waals surface area contributed by atoms with E-state index in [1.165, 1.54) is 0 Å². The molecule has 1 aliphatic heterocycles. The van der Waals surface area contributed by atoms with Gasteiger partial charge in [0.05, 0.1) is 13.0 Å². The summed E-state index contributed by atoms with van der Waals surface area (Å²) in [4.78, 5) is 26.8. The number of carboxylic acid groups (broad SMARTS) is 1. The largest absolute Gasteiger partial charge is 0.481 e. The van der Waals surface area contributed by atoms with Crippen molar-refractivity contribution >= 4 is 17.7 Å². The first-order valence-corrected chi connectivity index (χ1v) is 6.89. The van der Waals surface area contributed by atoms with Crippen LogP contribution in [-0.4, -0.2) is 41.6 Å². The molecule has 0 saturated carbocycles. The van der Waals surface area contributed by atoms with Gasteiger partial charge in [-0.2, -0.15) is 0 Å². The van der Waals surface area contributed by atoms with Crippen LogP contribution >= 0.6 is 0 Å². The third kappa shape index (κ3) is 3.00. The van der Waals surface area contributed by atoms with Crippen LogP contribution in [0, 0.1) is 12.3 Å². The summed E-state index contributed by atoms with van der Waals surface area (Å²) in [5.41, 5.74) is 1.69. The highest BCUT2D eigenvalue weighted by molar-refractivity contribution is 5.95. The highest BCUT2D eigenvalue weighted by Crippen LogP contribution is 2.38. The van der Waals surface area contributed by atoms with E-state index in [9.17, 15) is 9.59 Å². The number of nitrogens with zero attached hydrogens (tertiary/aromatic N) is 2. The molecule has 5 heteroatoms. The van der Waals surface area contributed by atoms with Gasteiger partial charge in [0.15, 0.2) is 0 Å². The topological polar surface area (TPSA) is 60.9 Å². The van der Waals surface area contributed by atoms with Crippen molar-refractivity contribution < 1.29 is 14.7 Å². The van der Waals surface area contributed by atoms with Crippen molar-refractivity contribution in [3.8, 4) is 12.3 Å². The van der Waals surface area contributed by atoms with E-state index in [0.29, 0.717) is 13.1 Å². The zero-order chi connectivity index (χ0) is 15.4. The molecule has 110 valence electrons. The van der Waals surface area contributed by atoms with E-state index >= 15 is 0 Å². The number of terminal acetylenes is 1. The quantitative estimate of drug-likeness (QED) is 0.863. The van der Waals surface area contributed by atoms with Crippen molar-refractivity contribution in [3.63, 3.8) is 0 Å². The molecular weight excluding hydrogens is 268 g/mol. The van der Waals surface area contributed by atoms with Crippen LogP contribution in [0.1, 0.15) is 24.8 Å². The van der Waals surface area contributed by atoms with Crippen LogP contribution in [0.3, 0.4) is 0 Å². The molecule has 1 aromatic rings. The van der Waals surface area contributed by atoms with Gasteiger partial charge in [0.1, 0.15) is 0 Å². The van der Waals surface area contributed by atoms with Crippen molar-refractivity contribution in [2.75, 3.05) is 24.5 Å². The highest BCUT2D eigenvalue weighted by Gasteiger charge is 2.34. The Hall–Kier alpha value is -2.48. The lowest BCUT2D eigenvalue weighted by molar-refractivity contribution is -0.137. The maximum atomic E-state index is 12.6. The van der Waals surface area contributed by atoms with Crippen LogP contribution in [0.5, 0.6) is 0 Å². The van der Waals surface area contributed by atoms with E-state index < -0.39 is 5.97 Å². The molecule has 1 aromatic carbocycles. The molecule has 1 atom stereocenters. The predicted octanol–water partition coefficient (Wildman–Crippen LogP) is 2.14. The second-order valence-electron chi connectivity index (χ2n) is 4.97. The molecule has 1 N–H and O–H groups in total. The van der Waals surface area contributed by atoms with E-state index in [4.69, 9.17) is 11.5 Å². The van der Waals surface area contributed by atoms with Crippen molar-refractivity contribution in [2.24, 2.45) is 0 Å². The number of amides is 2. The minimum atomic E-state index is -0.861. The molecule has 0 radical (unpaired) electrons. The molecule has 0 saturated heterocycles.